The number of fused-ring (bicyclic) bond motifs is 5. The second-order valence-electron chi connectivity index (χ2n) is 11.4. The van der Waals surface area contributed by atoms with Crippen LogP contribution in [0.5, 0.6) is 0 Å². The Kier molecular flexibility index (Phi) is 6.06. The van der Waals surface area contributed by atoms with Crippen molar-refractivity contribution < 1.29 is 0 Å². The third-order valence-corrected chi connectivity index (χ3v) is 8.58. The molecule has 9 aromatic rings. The van der Waals surface area contributed by atoms with E-state index < -0.39 is 0 Å². The number of benzene rings is 4. The van der Waals surface area contributed by atoms with Gasteiger partial charge in [0.2, 0.25) is 0 Å². The predicted molar refractivity (Wildman–Crippen MR) is 187 cm³/mol. The normalized spacial score (nSPS) is 11.5. The molecule has 5 nitrogen and oxygen atoms in total. The first-order valence-electron chi connectivity index (χ1n) is 15.2. The SMILES string of the molecule is c1cncc(-c2ccc3ccc(-c4ccc5ccc(-c6ccc(-c7ccc8ccc9cccnc9c8n7)cc6)nc5c4)cc3n2)c1. The van der Waals surface area contributed by atoms with Crippen molar-refractivity contribution >= 4 is 43.6 Å². The van der Waals surface area contributed by atoms with Gasteiger partial charge in [0, 0.05) is 56.8 Å². The summed E-state index contributed by atoms with van der Waals surface area (Å²) in [5.41, 5.74) is 11.8. The summed E-state index contributed by atoms with van der Waals surface area (Å²) >= 11 is 0. The van der Waals surface area contributed by atoms with Crippen LogP contribution in [0.25, 0.3) is 88.5 Å². The quantitative estimate of drug-likeness (QED) is 0.192. The van der Waals surface area contributed by atoms with Gasteiger partial charge in [0.05, 0.1) is 39.1 Å². The number of hydrogen-bond donors (Lipinski definition) is 0. The second-order valence-corrected chi connectivity index (χ2v) is 11.4. The van der Waals surface area contributed by atoms with Crippen LogP contribution in [0.3, 0.4) is 0 Å². The highest BCUT2D eigenvalue weighted by atomic mass is 14.8. The highest BCUT2D eigenvalue weighted by Crippen LogP contribution is 2.31. The van der Waals surface area contributed by atoms with Crippen LogP contribution in [0.4, 0.5) is 0 Å². The lowest BCUT2D eigenvalue weighted by atomic mass is 10.0. The van der Waals surface area contributed by atoms with Crippen LogP contribution >= 0.6 is 0 Å². The molecule has 0 fully saturated rings. The molecule has 9 rings (SSSR count). The maximum absolute atomic E-state index is 5.08. The summed E-state index contributed by atoms with van der Waals surface area (Å²) < 4.78 is 0. The zero-order chi connectivity index (χ0) is 30.5. The monoisotopic (exact) mass is 587 g/mol. The number of hydrogen-bond acceptors (Lipinski definition) is 5. The molecule has 0 amide bonds. The molecule has 0 saturated heterocycles. The summed E-state index contributed by atoms with van der Waals surface area (Å²) in [7, 11) is 0. The van der Waals surface area contributed by atoms with Crippen LogP contribution in [-0.4, -0.2) is 24.9 Å². The van der Waals surface area contributed by atoms with Gasteiger partial charge in [0.25, 0.3) is 0 Å². The molecule has 0 saturated carbocycles. The first kappa shape index (κ1) is 26.1. The van der Waals surface area contributed by atoms with E-state index in [0.29, 0.717) is 0 Å². The lowest BCUT2D eigenvalue weighted by Crippen LogP contribution is -1.90. The minimum Gasteiger partial charge on any atom is -0.264 e. The molecular formula is C41H25N5. The topological polar surface area (TPSA) is 64.5 Å². The van der Waals surface area contributed by atoms with Crippen molar-refractivity contribution in [2.75, 3.05) is 0 Å². The van der Waals surface area contributed by atoms with Crippen LogP contribution in [0.15, 0.2) is 152 Å². The van der Waals surface area contributed by atoms with Crippen molar-refractivity contribution in [3.63, 3.8) is 0 Å². The van der Waals surface area contributed by atoms with Crippen molar-refractivity contribution in [2.45, 2.75) is 0 Å². The number of aromatic nitrogens is 5. The lowest BCUT2D eigenvalue weighted by molar-refractivity contribution is 1.30. The van der Waals surface area contributed by atoms with Gasteiger partial charge in [-0.3, -0.25) is 9.97 Å². The molecule has 0 bridgehead atoms. The summed E-state index contributed by atoms with van der Waals surface area (Å²) in [6.45, 7) is 0. The fraction of sp³-hybridized carbons (Fsp3) is 0. The average molecular weight is 588 g/mol. The maximum atomic E-state index is 5.08. The predicted octanol–water partition coefficient (Wildman–Crippen LogP) is 9.94. The Morgan fingerprint density at radius 2 is 0.848 bits per heavy atom. The average Bonchev–Trinajstić information content (AvgIpc) is 3.14. The fourth-order valence-corrected chi connectivity index (χ4v) is 6.13. The summed E-state index contributed by atoms with van der Waals surface area (Å²) in [5, 5.41) is 4.38. The first-order chi connectivity index (χ1) is 22.7. The van der Waals surface area contributed by atoms with Crippen molar-refractivity contribution in [3.05, 3.63) is 152 Å². The molecule has 4 aromatic carbocycles. The Hall–Kier alpha value is -6.33. The molecule has 0 spiro atoms. The Labute approximate surface area is 264 Å². The Balaban J connectivity index is 1.04. The first-order valence-corrected chi connectivity index (χ1v) is 15.2. The summed E-state index contributed by atoms with van der Waals surface area (Å²) in [6.07, 6.45) is 5.45. The van der Waals surface area contributed by atoms with Crippen LogP contribution in [0.2, 0.25) is 0 Å². The third-order valence-electron chi connectivity index (χ3n) is 8.58. The van der Waals surface area contributed by atoms with Gasteiger partial charge >= 0.3 is 0 Å². The van der Waals surface area contributed by atoms with Gasteiger partial charge in [0.1, 0.15) is 0 Å². The van der Waals surface area contributed by atoms with E-state index in [1.807, 2.05) is 36.7 Å². The van der Waals surface area contributed by atoms with Crippen molar-refractivity contribution in [1.82, 2.24) is 24.9 Å². The van der Waals surface area contributed by atoms with E-state index in [4.69, 9.17) is 15.0 Å². The van der Waals surface area contributed by atoms with E-state index in [2.05, 4.69) is 119 Å². The minimum atomic E-state index is 0.912. The lowest BCUT2D eigenvalue weighted by Gasteiger charge is -2.09. The molecule has 0 atom stereocenters. The van der Waals surface area contributed by atoms with Crippen LogP contribution in [0, 0.1) is 0 Å². The summed E-state index contributed by atoms with van der Waals surface area (Å²) in [6, 6.07) is 46.1. The van der Waals surface area contributed by atoms with E-state index in [-0.39, 0.29) is 0 Å². The standard InChI is InChI=1S/C41H25N5/c1-4-34(25-42-21-1)37-19-16-29-10-14-33(24-39(29)45-37)32-13-9-28-15-18-35(44-38(28)23-32)26-5-7-27(8-6-26)36-20-17-31-12-11-30-3-2-22-43-40(30)41(31)46-36/h1-25H. The molecule has 0 radical (unpaired) electrons. The highest BCUT2D eigenvalue weighted by molar-refractivity contribution is 6.03. The Morgan fingerprint density at radius 1 is 0.348 bits per heavy atom. The molecule has 0 N–H and O–H groups in total. The van der Waals surface area contributed by atoms with Gasteiger partial charge in [0.15, 0.2) is 0 Å². The van der Waals surface area contributed by atoms with Crippen LogP contribution < -0.4 is 0 Å². The highest BCUT2D eigenvalue weighted by Gasteiger charge is 2.09. The molecule has 0 aliphatic carbocycles. The van der Waals surface area contributed by atoms with Gasteiger partial charge in [-0.2, -0.15) is 0 Å². The van der Waals surface area contributed by atoms with Gasteiger partial charge in [-0.1, -0.05) is 84.9 Å². The Morgan fingerprint density at radius 3 is 1.48 bits per heavy atom. The number of rotatable bonds is 4. The van der Waals surface area contributed by atoms with Gasteiger partial charge in [-0.25, -0.2) is 15.0 Å². The second kappa shape index (κ2) is 10.7. The van der Waals surface area contributed by atoms with E-state index in [0.717, 1.165) is 88.5 Å². The summed E-state index contributed by atoms with van der Waals surface area (Å²) in [4.78, 5) is 23.9. The van der Waals surface area contributed by atoms with Crippen molar-refractivity contribution in [3.8, 4) is 44.9 Å². The Bertz CT molecular complexity index is 2580. The number of nitrogens with zero attached hydrogens (tertiary/aromatic N) is 5. The van der Waals surface area contributed by atoms with Crippen LogP contribution in [0.1, 0.15) is 0 Å². The van der Waals surface area contributed by atoms with Gasteiger partial charge in [-0.15, -0.1) is 0 Å². The molecule has 0 aliphatic heterocycles. The van der Waals surface area contributed by atoms with Crippen molar-refractivity contribution in [2.24, 2.45) is 0 Å². The molecule has 0 aliphatic rings. The zero-order valence-corrected chi connectivity index (χ0v) is 24.7. The smallest absolute Gasteiger partial charge is 0.0972 e. The van der Waals surface area contributed by atoms with E-state index in [9.17, 15) is 0 Å². The van der Waals surface area contributed by atoms with E-state index in [1.54, 1.807) is 6.20 Å². The molecule has 5 heteroatoms. The molecule has 46 heavy (non-hydrogen) atoms. The van der Waals surface area contributed by atoms with Gasteiger partial charge in [-0.05, 0) is 59.7 Å². The molecule has 214 valence electrons. The van der Waals surface area contributed by atoms with Crippen LogP contribution in [-0.2, 0) is 0 Å². The van der Waals surface area contributed by atoms with E-state index in [1.165, 1.54) is 0 Å². The third kappa shape index (κ3) is 4.62. The largest absolute Gasteiger partial charge is 0.264 e. The number of pyridine rings is 5. The summed E-state index contributed by atoms with van der Waals surface area (Å²) in [5.74, 6) is 0. The zero-order valence-electron chi connectivity index (χ0n) is 24.7. The van der Waals surface area contributed by atoms with E-state index >= 15 is 0 Å². The fourth-order valence-electron chi connectivity index (χ4n) is 6.13. The minimum absolute atomic E-state index is 0.912. The molecular weight excluding hydrogens is 562 g/mol. The molecule has 0 unspecified atom stereocenters. The van der Waals surface area contributed by atoms with Gasteiger partial charge < -0.3 is 0 Å². The molecule has 5 heterocycles. The van der Waals surface area contributed by atoms with Crippen molar-refractivity contribution in [1.29, 1.82) is 0 Å². The maximum Gasteiger partial charge on any atom is 0.0972 e. The molecule has 5 aromatic heterocycles.